The second kappa shape index (κ2) is 7.31. The molecule has 0 aliphatic carbocycles. The predicted molar refractivity (Wildman–Crippen MR) is 90.7 cm³/mol. The molecule has 5 heteroatoms. The van der Waals surface area contributed by atoms with Gasteiger partial charge in [-0.25, -0.2) is 0 Å². The molecule has 22 heavy (non-hydrogen) atoms. The Kier molecular flexibility index (Phi) is 5.44. The van der Waals surface area contributed by atoms with E-state index in [1.54, 1.807) is 25.3 Å². The van der Waals surface area contributed by atoms with E-state index in [-0.39, 0.29) is 12.5 Å². The molecule has 0 aromatic heterocycles. The summed E-state index contributed by atoms with van der Waals surface area (Å²) in [6, 6.07) is 11.2. The van der Waals surface area contributed by atoms with E-state index in [0.717, 1.165) is 21.3 Å². The van der Waals surface area contributed by atoms with E-state index in [1.165, 1.54) is 0 Å². The molecule has 0 radical (unpaired) electrons. The third-order valence-corrected chi connectivity index (χ3v) is 3.74. The standard InChI is InChI=1S/C17H18BrNO3/c1-11-4-6-15(12(2)8-11)22-10-17(20)19-13-5-7-16(21-3)14(18)9-13/h4-9H,10H2,1-3H3,(H,19,20). The van der Waals surface area contributed by atoms with Crippen molar-refractivity contribution in [3.05, 3.63) is 52.0 Å². The number of nitrogens with one attached hydrogen (secondary N) is 1. The Labute approximate surface area is 138 Å². The molecule has 2 rings (SSSR count). The van der Waals surface area contributed by atoms with Gasteiger partial charge in [0.05, 0.1) is 11.6 Å². The highest BCUT2D eigenvalue weighted by Gasteiger charge is 2.07. The van der Waals surface area contributed by atoms with E-state index in [2.05, 4.69) is 21.2 Å². The van der Waals surface area contributed by atoms with Crippen molar-refractivity contribution < 1.29 is 14.3 Å². The molecular weight excluding hydrogens is 346 g/mol. The highest BCUT2D eigenvalue weighted by atomic mass is 79.9. The molecule has 116 valence electrons. The fourth-order valence-electron chi connectivity index (χ4n) is 2.05. The van der Waals surface area contributed by atoms with Crippen molar-refractivity contribution >= 4 is 27.5 Å². The van der Waals surface area contributed by atoms with Crippen molar-refractivity contribution in [3.8, 4) is 11.5 Å². The monoisotopic (exact) mass is 363 g/mol. The third kappa shape index (κ3) is 4.24. The zero-order valence-electron chi connectivity index (χ0n) is 12.8. The SMILES string of the molecule is COc1ccc(NC(=O)COc2ccc(C)cc2C)cc1Br. The van der Waals surface area contributed by atoms with Crippen LogP contribution in [0.15, 0.2) is 40.9 Å². The van der Waals surface area contributed by atoms with Crippen LogP contribution >= 0.6 is 15.9 Å². The maximum atomic E-state index is 11.9. The second-order valence-corrected chi connectivity index (χ2v) is 5.81. The van der Waals surface area contributed by atoms with Crippen LogP contribution in [0.5, 0.6) is 11.5 Å². The lowest BCUT2D eigenvalue weighted by Gasteiger charge is -2.11. The van der Waals surface area contributed by atoms with Crippen LogP contribution in [0.1, 0.15) is 11.1 Å². The van der Waals surface area contributed by atoms with Gasteiger partial charge in [-0.15, -0.1) is 0 Å². The summed E-state index contributed by atoms with van der Waals surface area (Å²) in [5, 5.41) is 2.79. The van der Waals surface area contributed by atoms with Gasteiger partial charge in [-0.05, 0) is 59.6 Å². The van der Waals surface area contributed by atoms with Crippen LogP contribution in [-0.4, -0.2) is 19.6 Å². The minimum atomic E-state index is -0.211. The lowest BCUT2D eigenvalue weighted by Crippen LogP contribution is -2.20. The van der Waals surface area contributed by atoms with E-state index in [9.17, 15) is 4.79 Å². The Balaban J connectivity index is 1.94. The Morgan fingerprint density at radius 1 is 1.14 bits per heavy atom. The molecule has 0 saturated heterocycles. The number of methoxy groups -OCH3 is 1. The van der Waals surface area contributed by atoms with Crippen molar-refractivity contribution in [2.24, 2.45) is 0 Å². The summed E-state index contributed by atoms with van der Waals surface area (Å²) in [6.07, 6.45) is 0. The average molecular weight is 364 g/mol. The fraction of sp³-hybridized carbons (Fsp3) is 0.235. The smallest absolute Gasteiger partial charge is 0.262 e. The number of amides is 1. The van der Waals surface area contributed by atoms with E-state index in [4.69, 9.17) is 9.47 Å². The zero-order chi connectivity index (χ0) is 16.1. The van der Waals surface area contributed by atoms with E-state index >= 15 is 0 Å². The van der Waals surface area contributed by atoms with Gasteiger partial charge < -0.3 is 14.8 Å². The van der Waals surface area contributed by atoms with Crippen molar-refractivity contribution in [3.63, 3.8) is 0 Å². The van der Waals surface area contributed by atoms with Gasteiger partial charge in [0.25, 0.3) is 5.91 Å². The summed E-state index contributed by atoms with van der Waals surface area (Å²) < 4.78 is 11.5. The lowest BCUT2D eigenvalue weighted by atomic mass is 10.1. The normalized spacial score (nSPS) is 10.2. The quantitative estimate of drug-likeness (QED) is 0.869. The summed E-state index contributed by atoms with van der Waals surface area (Å²) in [7, 11) is 1.59. The minimum Gasteiger partial charge on any atom is -0.496 e. The van der Waals surface area contributed by atoms with Gasteiger partial charge in [0, 0.05) is 5.69 Å². The molecule has 0 saturated carbocycles. The summed E-state index contributed by atoms with van der Waals surface area (Å²) in [5.41, 5.74) is 2.86. The third-order valence-electron chi connectivity index (χ3n) is 3.12. The molecule has 0 spiro atoms. The fourth-order valence-corrected chi connectivity index (χ4v) is 2.59. The summed E-state index contributed by atoms with van der Waals surface area (Å²) in [5.74, 6) is 1.22. The van der Waals surface area contributed by atoms with Crippen LogP contribution in [0.4, 0.5) is 5.69 Å². The first kappa shape index (κ1) is 16.4. The Morgan fingerprint density at radius 2 is 1.86 bits per heavy atom. The average Bonchev–Trinajstić information content (AvgIpc) is 2.46. The van der Waals surface area contributed by atoms with E-state index in [0.29, 0.717) is 11.4 Å². The van der Waals surface area contributed by atoms with Crippen LogP contribution in [0.3, 0.4) is 0 Å². The number of rotatable bonds is 5. The topological polar surface area (TPSA) is 47.6 Å². The summed E-state index contributed by atoms with van der Waals surface area (Å²) >= 11 is 3.38. The van der Waals surface area contributed by atoms with Crippen molar-refractivity contribution in [2.45, 2.75) is 13.8 Å². The van der Waals surface area contributed by atoms with E-state index < -0.39 is 0 Å². The Bertz CT molecular complexity index is 686. The van der Waals surface area contributed by atoms with Crippen LogP contribution in [0.2, 0.25) is 0 Å². The number of hydrogen-bond donors (Lipinski definition) is 1. The second-order valence-electron chi connectivity index (χ2n) is 4.96. The number of carbonyl (C=O) groups is 1. The first-order chi connectivity index (χ1) is 10.5. The maximum Gasteiger partial charge on any atom is 0.262 e. The van der Waals surface area contributed by atoms with Crippen LogP contribution in [-0.2, 0) is 4.79 Å². The van der Waals surface area contributed by atoms with Crippen LogP contribution in [0, 0.1) is 13.8 Å². The number of halogens is 1. The number of aryl methyl sites for hydroxylation is 2. The molecular formula is C17H18BrNO3. The number of anilines is 1. The van der Waals surface area contributed by atoms with E-state index in [1.807, 2.05) is 32.0 Å². The van der Waals surface area contributed by atoms with Crippen LogP contribution < -0.4 is 14.8 Å². The number of ether oxygens (including phenoxy) is 2. The summed E-state index contributed by atoms with van der Waals surface area (Å²) in [4.78, 5) is 11.9. The minimum absolute atomic E-state index is 0.0342. The highest BCUT2D eigenvalue weighted by Crippen LogP contribution is 2.27. The molecule has 2 aromatic rings. The molecule has 1 N–H and O–H groups in total. The van der Waals surface area contributed by atoms with Crippen LogP contribution in [0.25, 0.3) is 0 Å². The molecule has 0 atom stereocenters. The molecule has 1 amide bonds. The molecule has 0 heterocycles. The van der Waals surface area contributed by atoms with Gasteiger partial charge in [-0.1, -0.05) is 17.7 Å². The maximum absolute atomic E-state index is 11.9. The molecule has 0 aliphatic rings. The molecule has 0 fully saturated rings. The van der Waals surface area contributed by atoms with Crippen molar-refractivity contribution in [1.29, 1.82) is 0 Å². The van der Waals surface area contributed by atoms with Crippen molar-refractivity contribution in [2.75, 3.05) is 19.0 Å². The van der Waals surface area contributed by atoms with Gasteiger partial charge in [-0.3, -0.25) is 4.79 Å². The highest BCUT2D eigenvalue weighted by molar-refractivity contribution is 9.10. The van der Waals surface area contributed by atoms with Gasteiger partial charge in [-0.2, -0.15) is 0 Å². The Hall–Kier alpha value is -2.01. The molecule has 0 bridgehead atoms. The lowest BCUT2D eigenvalue weighted by molar-refractivity contribution is -0.118. The first-order valence-corrected chi connectivity index (χ1v) is 7.62. The van der Waals surface area contributed by atoms with Gasteiger partial charge >= 0.3 is 0 Å². The van der Waals surface area contributed by atoms with Gasteiger partial charge in [0.2, 0.25) is 0 Å². The predicted octanol–water partition coefficient (Wildman–Crippen LogP) is 4.09. The molecule has 0 unspecified atom stereocenters. The molecule has 0 aliphatic heterocycles. The number of benzene rings is 2. The zero-order valence-corrected chi connectivity index (χ0v) is 14.4. The molecule has 4 nitrogen and oxygen atoms in total. The van der Waals surface area contributed by atoms with Gasteiger partial charge in [0.1, 0.15) is 11.5 Å². The number of carbonyl (C=O) groups excluding carboxylic acids is 1. The largest absolute Gasteiger partial charge is 0.496 e. The first-order valence-electron chi connectivity index (χ1n) is 6.83. The van der Waals surface area contributed by atoms with Crippen molar-refractivity contribution in [1.82, 2.24) is 0 Å². The number of hydrogen-bond acceptors (Lipinski definition) is 3. The van der Waals surface area contributed by atoms with Gasteiger partial charge in [0.15, 0.2) is 6.61 Å². The molecule has 2 aromatic carbocycles. The Morgan fingerprint density at radius 3 is 2.50 bits per heavy atom. The summed E-state index contributed by atoms with van der Waals surface area (Å²) in [6.45, 7) is 3.94.